The van der Waals surface area contributed by atoms with Gasteiger partial charge in [-0.05, 0) is 57.7 Å². The SMILES string of the molecule is CCn1c(S[C@H](C)C(=O)N2CCCC2)nc2cc(S(=O)(=O)N3CCCCC3)ccc21. The lowest BCUT2D eigenvalue weighted by molar-refractivity contribution is -0.129. The molecule has 0 unspecified atom stereocenters. The fraction of sp³-hybridized carbons (Fsp3) is 0.619. The lowest BCUT2D eigenvalue weighted by Gasteiger charge is -2.25. The van der Waals surface area contributed by atoms with Crippen LogP contribution < -0.4 is 0 Å². The maximum absolute atomic E-state index is 13.0. The minimum absolute atomic E-state index is 0.153. The number of rotatable bonds is 6. The molecule has 9 heteroatoms. The molecule has 0 aliphatic carbocycles. The highest BCUT2D eigenvalue weighted by Gasteiger charge is 2.28. The Kier molecular flexibility index (Phi) is 6.41. The standard InChI is InChI=1S/C21H30N4O3S2/c1-3-25-19-10-9-17(30(27,28)24-13-5-4-6-14-24)15-18(19)22-21(25)29-16(2)20(26)23-11-7-8-12-23/h9-10,15-16H,3-8,11-14H2,1-2H3/t16-/m1/s1. The lowest BCUT2D eigenvalue weighted by Crippen LogP contribution is -2.35. The highest BCUT2D eigenvalue weighted by molar-refractivity contribution is 8.00. The summed E-state index contributed by atoms with van der Waals surface area (Å²) in [7, 11) is -3.49. The average Bonchev–Trinajstić information content (AvgIpc) is 3.41. The highest BCUT2D eigenvalue weighted by Crippen LogP contribution is 2.31. The number of nitrogens with zero attached hydrogens (tertiary/aromatic N) is 4. The van der Waals surface area contributed by atoms with Crippen molar-refractivity contribution >= 4 is 38.7 Å². The number of carbonyl (C=O) groups is 1. The van der Waals surface area contributed by atoms with Crippen LogP contribution in [0.4, 0.5) is 0 Å². The van der Waals surface area contributed by atoms with Crippen LogP contribution in [0.2, 0.25) is 0 Å². The van der Waals surface area contributed by atoms with Crippen molar-refractivity contribution in [2.75, 3.05) is 26.2 Å². The molecule has 2 aliphatic heterocycles. The molecule has 0 N–H and O–H groups in total. The normalized spacial score (nSPS) is 19.5. The minimum Gasteiger partial charge on any atom is -0.342 e. The number of aryl methyl sites for hydroxylation is 1. The van der Waals surface area contributed by atoms with Crippen LogP contribution in [-0.4, -0.2) is 64.5 Å². The zero-order chi connectivity index (χ0) is 21.3. The number of carbonyl (C=O) groups excluding carboxylic acids is 1. The van der Waals surface area contributed by atoms with Gasteiger partial charge in [-0.25, -0.2) is 13.4 Å². The van der Waals surface area contributed by atoms with Crippen LogP contribution in [0.5, 0.6) is 0 Å². The predicted octanol–water partition coefficient (Wildman–Crippen LogP) is 3.33. The molecule has 2 fully saturated rings. The summed E-state index contributed by atoms with van der Waals surface area (Å²) in [6, 6.07) is 5.22. The Labute approximate surface area is 182 Å². The number of piperidine rings is 1. The number of aromatic nitrogens is 2. The Morgan fingerprint density at radius 2 is 1.77 bits per heavy atom. The van der Waals surface area contributed by atoms with Gasteiger partial charge in [0.05, 0.1) is 21.2 Å². The first-order valence-corrected chi connectivity index (χ1v) is 13.2. The van der Waals surface area contributed by atoms with Crippen LogP contribution in [0.15, 0.2) is 28.3 Å². The number of amides is 1. The molecule has 0 spiro atoms. The molecule has 0 saturated carbocycles. The summed E-state index contributed by atoms with van der Waals surface area (Å²) in [6.45, 7) is 7.52. The molecule has 1 atom stereocenters. The summed E-state index contributed by atoms with van der Waals surface area (Å²) in [5.41, 5.74) is 1.57. The van der Waals surface area contributed by atoms with Gasteiger partial charge < -0.3 is 9.47 Å². The van der Waals surface area contributed by atoms with Crippen molar-refractivity contribution in [3.05, 3.63) is 18.2 Å². The smallest absolute Gasteiger partial charge is 0.243 e. The van der Waals surface area contributed by atoms with Crippen molar-refractivity contribution in [3.8, 4) is 0 Å². The van der Waals surface area contributed by atoms with Gasteiger partial charge in [-0.15, -0.1) is 0 Å². The number of benzene rings is 1. The van der Waals surface area contributed by atoms with Crippen molar-refractivity contribution in [3.63, 3.8) is 0 Å². The zero-order valence-electron chi connectivity index (χ0n) is 17.7. The summed E-state index contributed by atoms with van der Waals surface area (Å²) in [6.07, 6.45) is 5.06. The first-order valence-electron chi connectivity index (χ1n) is 10.9. The van der Waals surface area contributed by atoms with Crippen LogP contribution in [0, 0.1) is 0 Å². The van der Waals surface area contributed by atoms with Gasteiger partial charge in [-0.3, -0.25) is 4.79 Å². The van der Waals surface area contributed by atoms with Gasteiger partial charge >= 0.3 is 0 Å². The van der Waals surface area contributed by atoms with E-state index < -0.39 is 10.0 Å². The Morgan fingerprint density at radius 1 is 1.10 bits per heavy atom. The molecular weight excluding hydrogens is 420 g/mol. The molecular formula is C21H30N4O3S2. The second-order valence-corrected chi connectivity index (χ2v) is 11.3. The van der Waals surface area contributed by atoms with E-state index in [2.05, 4.69) is 4.57 Å². The molecule has 164 valence electrons. The van der Waals surface area contributed by atoms with Gasteiger partial charge in [0.25, 0.3) is 0 Å². The number of hydrogen-bond acceptors (Lipinski definition) is 5. The third kappa shape index (κ3) is 4.11. The maximum atomic E-state index is 13.0. The summed E-state index contributed by atoms with van der Waals surface area (Å²) in [5.74, 6) is 0.153. The first-order chi connectivity index (χ1) is 14.4. The molecule has 0 radical (unpaired) electrons. The Morgan fingerprint density at radius 3 is 2.43 bits per heavy atom. The van der Waals surface area contributed by atoms with E-state index in [0.717, 1.165) is 55.9 Å². The predicted molar refractivity (Wildman–Crippen MR) is 119 cm³/mol. The first kappa shape index (κ1) is 21.6. The van der Waals surface area contributed by atoms with Crippen molar-refractivity contribution in [1.82, 2.24) is 18.8 Å². The van der Waals surface area contributed by atoms with Crippen LogP contribution in [-0.2, 0) is 21.4 Å². The van der Waals surface area contributed by atoms with Crippen LogP contribution in [0.1, 0.15) is 46.0 Å². The molecule has 1 amide bonds. The largest absolute Gasteiger partial charge is 0.342 e. The topological polar surface area (TPSA) is 75.5 Å². The molecule has 4 rings (SSSR count). The van der Waals surface area contributed by atoms with Crippen molar-refractivity contribution in [1.29, 1.82) is 0 Å². The van der Waals surface area contributed by atoms with Gasteiger partial charge in [0, 0.05) is 32.7 Å². The van der Waals surface area contributed by atoms with Crippen LogP contribution in [0.3, 0.4) is 0 Å². The monoisotopic (exact) mass is 450 g/mol. The summed E-state index contributed by atoms with van der Waals surface area (Å²) in [5, 5.41) is 0.543. The third-order valence-electron chi connectivity index (χ3n) is 6.00. The van der Waals surface area contributed by atoms with E-state index in [1.165, 1.54) is 11.8 Å². The number of thioether (sulfide) groups is 1. The molecule has 1 aromatic carbocycles. The van der Waals surface area contributed by atoms with E-state index in [1.54, 1.807) is 16.4 Å². The van der Waals surface area contributed by atoms with E-state index in [1.807, 2.05) is 24.8 Å². The van der Waals surface area contributed by atoms with Crippen LogP contribution in [0.25, 0.3) is 11.0 Å². The van der Waals surface area contributed by atoms with Crippen LogP contribution >= 0.6 is 11.8 Å². The molecule has 30 heavy (non-hydrogen) atoms. The molecule has 0 bridgehead atoms. The van der Waals surface area contributed by atoms with Gasteiger partial charge in [-0.2, -0.15) is 4.31 Å². The van der Waals surface area contributed by atoms with E-state index in [9.17, 15) is 13.2 Å². The van der Waals surface area contributed by atoms with Gasteiger partial charge in [0.2, 0.25) is 15.9 Å². The fourth-order valence-corrected chi connectivity index (χ4v) is 6.91. The van der Waals surface area contributed by atoms with E-state index in [0.29, 0.717) is 30.0 Å². The average molecular weight is 451 g/mol. The van der Waals surface area contributed by atoms with Gasteiger partial charge in [0.1, 0.15) is 0 Å². The van der Waals surface area contributed by atoms with E-state index in [4.69, 9.17) is 4.98 Å². The second kappa shape index (κ2) is 8.88. The fourth-order valence-electron chi connectivity index (χ4n) is 4.30. The van der Waals surface area contributed by atoms with Crippen molar-refractivity contribution in [2.45, 2.75) is 67.8 Å². The summed E-state index contributed by atoms with van der Waals surface area (Å²) < 4.78 is 29.7. The Bertz CT molecular complexity index is 1020. The molecule has 3 heterocycles. The summed E-state index contributed by atoms with van der Waals surface area (Å²) in [4.78, 5) is 19.7. The second-order valence-electron chi connectivity index (χ2n) is 8.05. The van der Waals surface area contributed by atoms with E-state index >= 15 is 0 Å². The Balaban J connectivity index is 1.61. The summed E-state index contributed by atoms with van der Waals surface area (Å²) >= 11 is 1.46. The molecule has 7 nitrogen and oxygen atoms in total. The number of likely N-dealkylation sites (tertiary alicyclic amines) is 1. The molecule has 1 aromatic heterocycles. The zero-order valence-corrected chi connectivity index (χ0v) is 19.3. The van der Waals surface area contributed by atoms with Crippen molar-refractivity contribution in [2.24, 2.45) is 0 Å². The minimum atomic E-state index is -3.49. The molecule has 2 aromatic rings. The van der Waals surface area contributed by atoms with Crippen molar-refractivity contribution < 1.29 is 13.2 Å². The van der Waals surface area contributed by atoms with Gasteiger partial charge in [-0.1, -0.05) is 18.2 Å². The molecule has 2 aliphatic rings. The maximum Gasteiger partial charge on any atom is 0.243 e. The number of fused-ring (bicyclic) bond motifs is 1. The Hall–Kier alpha value is -1.58. The quantitative estimate of drug-likeness (QED) is 0.631. The third-order valence-corrected chi connectivity index (χ3v) is 8.97. The molecule has 2 saturated heterocycles. The highest BCUT2D eigenvalue weighted by atomic mass is 32.2. The number of imidazole rings is 1. The lowest BCUT2D eigenvalue weighted by atomic mass is 10.2. The van der Waals surface area contributed by atoms with Gasteiger partial charge in [0.15, 0.2) is 5.16 Å². The number of sulfonamides is 1. The number of hydrogen-bond donors (Lipinski definition) is 0. The van der Waals surface area contributed by atoms with E-state index in [-0.39, 0.29) is 11.2 Å².